The molecule has 2 aromatic rings. The highest BCUT2D eigenvalue weighted by atomic mass is 16.5. The fourth-order valence-corrected chi connectivity index (χ4v) is 1.76. The third-order valence-corrected chi connectivity index (χ3v) is 2.88. The van der Waals surface area contributed by atoms with Crippen LogP contribution in [-0.2, 0) is 6.54 Å². The lowest BCUT2D eigenvalue weighted by atomic mass is 10.1. The normalized spacial score (nSPS) is 10.1. The van der Waals surface area contributed by atoms with Crippen molar-refractivity contribution in [3.63, 3.8) is 0 Å². The largest absolute Gasteiger partial charge is 0.507 e. The molecule has 5 nitrogen and oxygen atoms in total. The lowest BCUT2D eigenvalue weighted by Gasteiger charge is -2.09. The van der Waals surface area contributed by atoms with Crippen LogP contribution >= 0.6 is 0 Å². The van der Waals surface area contributed by atoms with Gasteiger partial charge in [0.2, 0.25) is 0 Å². The number of carbonyl (C=O) groups is 1. The van der Waals surface area contributed by atoms with Crippen molar-refractivity contribution in [2.45, 2.75) is 6.54 Å². The molecule has 0 spiro atoms. The molecule has 2 rings (SSSR count). The minimum Gasteiger partial charge on any atom is -0.507 e. The highest BCUT2D eigenvalue weighted by Crippen LogP contribution is 2.22. The first-order chi connectivity index (χ1) is 9.60. The number of hydrogen-bond donors (Lipinski definition) is 3. The number of benzene rings is 2. The Morgan fingerprint density at radius 2 is 1.90 bits per heavy atom. The topological polar surface area (TPSA) is 78.8 Å². The van der Waals surface area contributed by atoms with Crippen LogP contribution in [0.4, 0.5) is 5.69 Å². The lowest BCUT2D eigenvalue weighted by Crippen LogP contribution is -2.02. The summed E-state index contributed by atoms with van der Waals surface area (Å²) in [7, 11) is 1.61. The van der Waals surface area contributed by atoms with Gasteiger partial charge < -0.3 is 20.3 Å². The van der Waals surface area contributed by atoms with E-state index in [-0.39, 0.29) is 11.3 Å². The number of carboxylic acid groups (broad SMARTS) is 1. The molecule has 0 saturated carbocycles. The summed E-state index contributed by atoms with van der Waals surface area (Å²) >= 11 is 0. The number of aromatic hydroxyl groups is 1. The van der Waals surface area contributed by atoms with Gasteiger partial charge >= 0.3 is 5.97 Å². The van der Waals surface area contributed by atoms with Gasteiger partial charge in [0, 0.05) is 12.2 Å². The molecule has 5 heteroatoms. The van der Waals surface area contributed by atoms with Crippen molar-refractivity contribution in [2.75, 3.05) is 12.4 Å². The minimum absolute atomic E-state index is 0.121. The second kappa shape index (κ2) is 5.97. The molecule has 0 aliphatic rings. The number of methoxy groups -OCH3 is 1. The third kappa shape index (κ3) is 3.20. The lowest BCUT2D eigenvalue weighted by molar-refractivity contribution is 0.0694. The van der Waals surface area contributed by atoms with E-state index < -0.39 is 5.97 Å². The SMILES string of the molecule is COc1ccc(CNc2ccc(O)c(C(=O)O)c2)cc1. The van der Waals surface area contributed by atoms with Crippen LogP contribution in [-0.4, -0.2) is 23.3 Å². The van der Waals surface area contributed by atoms with E-state index in [0.29, 0.717) is 12.2 Å². The van der Waals surface area contributed by atoms with Gasteiger partial charge in [-0.3, -0.25) is 0 Å². The van der Waals surface area contributed by atoms with Crippen LogP contribution in [0, 0.1) is 0 Å². The summed E-state index contributed by atoms with van der Waals surface area (Å²) in [5, 5.41) is 21.5. The van der Waals surface area contributed by atoms with E-state index in [1.165, 1.54) is 12.1 Å². The van der Waals surface area contributed by atoms with Crippen molar-refractivity contribution < 1.29 is 19.7 Å². The standard InChI is InChI=1S/C15H15NO4/c1-20-12-5-2-10(3-6-12)9-16-11-4-7-14(17)13(8-11)15(18)19/h2-8,16-17H,9H2,1H3,(H,18,19). The van der Waals surface area contributed by atoms with Gasteiger partial charge in [0.15, 0.2) is 0 Å². The minimum atomic E-state index is -1.16. The summed E-state index contributed by atoms with van der Waals surface area (Å²) in [6, 6.07) is 12.0. The van der Waals surface area contributed by atoms with Gasteiger partial charge in [-0.1, -0.05) is 12.1 Å². The first kappa shape index (κ1) is 13.7. The van der Waals surface area contributed by atoms with E-state index in [0.717, 1.165) is 11.3 Å². The van der Waals surface area contributed by atoms with E-state index in [1.807, 2.05) is 24.3 Å². The molecule has 104 valence electrons. The molecule has 0 aliphatic heterocycles. The van der Waals surface area contributed by atoms with E-state index in [4.69, 9.17) is 9.84 Å². The van der Waals surface area contributed by atoms with E-state index >= 15 is 0 Å². The smallest absolute Gasteiger partial charge is 0.339 e. The summed E-state index contributed by atoms with van der Waals surface area (Å²) in [6.45, 7) is 0.549. The Kier molecular flexibility index (Phi) is 4.10. The third-order valence-electron chi connectivity index (χ3n) is 2.88. The number of aromatic carboxylic acids is 1. The number of phenols is 1. The van der Waals surface area contributed by atoms with Crippen LogP contribution in [0.15, 0.2) is 42.5 Å². The van der Waals surface area contributed by atoms with Crippen LogP contribution in [0.2, 0.25) is 0 Å². The number of anilines is 1. The number of rotatable bonds is 5. The van der Waals surface area contributed by atoms with Crippen molar-refractivity contribution in [3.05, 3.63) is 53.6 Å². The first-order valence-corrected chi connectivity index (χ1v) is 6.03. The number of hydrogen-bond acceptors (Lipinski definition) is 4. The van der Waals surface area contributed by atoms with Crippen LogP contribution in [0.1, 0.15) is 15.9 Å². The summed E-state index contributed by atoms with van der Waals surface area (Å²) in [6.07, 6.45) is 0. The maximum Gasteiger partial charge on any atom is 0.339 e. The van der Waals surface area contributed by atoms with Gasteiger partial charge in [-0.25, -0.2) is 4.79 Å². The molecule has 0 amide bonds. The quantitative estimate of drug-likeness (QED) is 0.730. The molecule has 0 unspecified atom stereocenters. The highest BCUT2D eigenvalue weighted by Gasteiger charge is 2.09. The van der Waals surface area contributed by atoms with Crippen molar-refractivity contribution >= 4 is 11.7 Å². The van der Waals surface area contributed by atoms with E-state index in [9.17, 15) is 9.90 Å². The van der Waals surface area contributed by atoms with Crippen LogP contribution in [0.25, 0.3) is 0 Å². The Hall–Kier alpha value is -2.69. The molecule has 3 N–H and O–H groups in total. The predicted molar refractivity (Wildman–Crippen MR) is 75.4 cm³/mol. The van der Waals surface area contributed by atoms with E-state index in [1.54, 1.807) is 13.2 Å². The number of ether oxygens (including phenoxy) is 1. The fourth-order valence-electron chi connectivity index (χ4n) is 1.76. The zero-order valence-electron chi connectivity index (χ0n) is 11.0. The molecule has 0 atom stereocenters. The Balaban J connectivity index is 2.06. The Morgan fingerprint density at radius 3 is 2.50 bits per heavy atom. The Labute approximate surface area is 116 Å². The van der Waals surface area contributed by atoms with Gasteiger partial charge in [-0.15, -0.1) is 0 Å². The molecule has 0 fully saturated rings. The van der Waals surface area contributed by atoms with E-state index in [2.05, 4.69) is 5.32 Å². The van der Waals surface area contributed by atoms with Crippen molar-refractivity contribution in [1.29, 1.82) is 0 Å². The first-order valence-electron chi connectivity index (χ1n) is 6.03. The summed E-state index contributed by atoms with van der Waals surface area (Å²) < 4.78 is 5.07. The molecule has 0 bridgehead atoms. The second-order valence-corrected chi connectivity index (χ2v) is 4.24. The van der Waals surface area contributed by atoms with Crippen LogP contribution in [0.5, 0.6) is 11.5 Å². The average molecular weight is 273 g/mol. The van der Waals surface area contributed by atoms with Crippen molar-refractivity contribution in [3.8, 4) is 11.5 Å². The maximum absolute atomic E-state index is 10.9. The van der Waals surface area contributed by atoms with Gasteiger partial charge in [0.1, 0.15) is 17.1 Å². The average Bonchev–Trinajstić information content (AvgIpc) is 2.46. The molecule has 2 aromatic carbocycles. The Bertz CT molecular complexity index is 608. The maximum atomic E-state index is 10.9. The number of carboxylic acids is 1. The molecule has 0 aromatic heterocycles. The summed E-state index contributed by atoms with van der Waals surface area (Å²) in [5.74, 6) is -0.616. The Morgan fingerprint density at radius 1 is 1.20 bits per heavy atom. The molecule has 0 saturated heterocycles. The molecule has 0 radical (unpaired) electrons. The van der Waals surface area contributed by atoms with Crippen molar-refractivity contribution in [1.82, 2.24) is 0 Å². The van der Waals surface area contributed by atoms with Gasteiger partial charge in [-0.2, -0.15) is 0 Å². The fraction of sp³-hybridized carbons (Fsp3) is 0.133. The van der Waals surface area contributed by atoms with Crippen LogP contribution < -0.4 is 10.1 Å². The predicted octanol–water partition coefficient (Wildman–Crippen LogP) is 2.71. The van der Waals surface area contributed by atoms with Crippen molar-refractivity contribution in [2.24, 2.45) is 0 Å². The van der Waals surface area contributed by atoms with Gasteiger partial charge in [-0.05, 0) is 35.9 Å². The zero-order valence-corrected chi connectivity index (χ0v) is 11.0. The molecule has 20 heavy (non-hydrogen) atoms. The van der Waals surface area contributed by atoms with Crippen LogP contribution in [0.3, 0.4) is 0 Å². The monoisotopic (exact) mass is 273 g/mol. The molecule has 0 heterocycles. The summed E-state index contributed by atoms with van der Waals surface area (Å²) in [5.41, 5.74) is 1.55. The highest BCUT2D eigenvalue weighted by molar-refractivity contribution is 5.91. The number of nitrogens with one attached hydrogen (secondary N) is 1. The zero-order chi connectivity index (χ0) is 14.5. The molecular weight excluding hydrogens is 258 g/mol. The summed E-state index contributed by atoms with van der Waals surface area (Å²) in [4.78, 5) is 10.9. The van der Waals surface area contributed by atoms with Gasteiger partial charge in [0.05, 0.1) is 7.11 Å². The van der Waals surface area contributed by atoms with Gasteiger partial charge in [0.25, 0.3) is 0 Å². The molecule has 0 aliphatic carbocycles. The molecular formula is C15H15NO4. The second-order valence-electron chi connectivity index (χ2n) is 4.24.